The predicted molar refractivity (Wildman–Crippen MR) is 170 cm³/mol. The van der Waals surface area contributed by atoms with Crippen LogP contribution in [0.1, 0.15) is 47.9 Å². The summed E-state index contributed by atoms with van der Waals surface area (Å²) in [5.41, 5.74) is 0.819. The van der Waals surface area contributed by atoms with Gasteiger partial charge in [0, 0.05) is 6.61 Å². The maximum Gasteiger partial charge on any atom is 0.338 e. The molecule has 4 aromatic carbocycles. The van der Waals surface area contributed by atoms with Gasteiger partial charge >= 0.3 is 23.9 Å². The Balaban J connectivity index is 1.53. The molecule has 0 amide bonds. The Bertz CT molecular complexity index is 1630. The zero-order valence-corrected chi connectivity index (χ0v) is 25.8. The summed E-state index contributed by atoms with van der Waals surface area (Å²) in [6, 6.07) is 32.5. The van der Waals surface area contributed by atoms with E-state index in [2.05, 4.69) is 0 Å². The molecular weight excluding hydrogens is 620 g/mol. The molecule has 248 valence electrons. The lowest BCUT2D eigenvalue weighted by Crippen LogP contribution is -2.63. The fourth-order valence-electron chi connectivity index (χ4n) is 4.93. The number of aliphatic hydroxyl groups excluding tert-OH is 1. The Labute approximate surface area is 276 Å². The van der Waals surface area contributed by atoms with Crippen LogP contribution < -0.4 is 0 Å². The highest BCUT2D eigenvalue weighted by Gasteiger charge is 2.53. The lowest BCUT2D eigenvalue weighted by atomic mass is 9.97. The smallest absolute Gasteiger partial charge is 0.338 e. The summed E-state index contributed by atoms with van der Waals surface area (Å²) >= 11 is 0. The highest BCUT2D eigenvalue weighted by atomic mass is 16.7. The number of carbonyl (C=O) groups excluding carboxylic acids is 4. The molecule has 4 aromatic rings. The van der Waals surface area contributed by atoms with E-state index in [0.29, 0.717) is 0 Å². The van der Waals surface area contributed by atoms with Crippen LogP contribution in [-0.4, -0.2) is 79.5 Å². The maximum atomic E-state index is 13.5. The van der Waals surface area contributed by atoms with Crippen molar-refractivity contribution in [2.45, 2.75) is 37.1 Å². The second kappa shape index (κ2) is 17.0. The molecule has 1 fully saturated rings. The Morgan fingerprint density at radius 3 is 1.38 bits per heavy atom. The van der Waals surface area contributed by atoms with Crippen LogP contribution in [0, 0.1) is 0 Å². The molecule has 0 radical (unpaired) electrons. The van der Waals surface area contributed by atoms with Gasteiger partial charge in [-0.05, 0) is 55.0 Å². The van der Waals surface area contributed by atoms with E-state index in [9.17, 15) is 24.3 Å². The quantitative estimate of drug-likeness (QED) is 0.122. The van der Waals surface area contributed by atoms with Crippen molar-refractivity contribution < 1.29 is 52.7 Å². The van der Waals surface area contributed by atoms with Crippen LogP contribution >= 0.6 is 0 Å². The molecule has 0 spiro atoms. The highest BCUT2D eigenvalue weighted by molar-refractivity contribution is 5.91. The first-order chi connectivity index (χ1) is 23.4. The number of carbonyl (C=O) groups is 4. The van der Waals surface area contributed by atoms with Crippen LogP contribution in [0.25, 0.3) is 0 Å². The average molecular weight is 655 g/mol. The van der Waals surface area contributed by atoms with E-state index in [1.54, 1.807) is 84.9 Å². The van der Waals surface area contributed by atoms with Gasteiger partial charge in [0.15, 0.2) is 24.6 Å². The minimum atomic E-state index is -1.51. The normalized spacial score (nSPS) is 20.2. The van der Waals surface area contributed by atoms with E-state index >= 15 is 0 Å². The van der Waals surface area contributed by atoms with Crippen LogP contribution in [0.3, 0.4) is 0 Å². The summed E-state index contributed by atoms with van der Waals surface area (Å²) in [6.07, 6.45) is -6.90. The molecule has 1 aliphatic rings. The fourth-order valence-corrected chi connectivity index (χ4v) is 4.93. The van der Waals surface area contributed by atoms with E-state index in [-0.39, 0.29) is 41.9 Å². The molecule has 1 saturated heterocycles. The van der Waals surface area contributed by atoms with Gasteiger partial charge in [0.05, 0.1) is 28.9 Å². The van der Waals surface area contributed by atoms with Gasteiger partial charge in [-0.25, -0.2) is 19.2 Å². The van der Waals surface area contributed by atoms with Crippen LogP contribution in [0.4, 0.5) is 0 Å². The third-order valence-corrected chi connectivity index (χ3v) is 7.32. The predicted octanol–water partition coefficient (Wildman–Crippen LogP) is 4.64. The molecule has 1 N–H and O–H groups in total. The zero-order valence-electron chi connectivity index (χ0n) is 25.8. The van der Waals surface area contributed by atoms with Gasteiger partial charge in [-0.15, -0.1) is 0 Å². The van der Waals surface area contributed by atoms with Crippen molar-refractivity contribution in [1.29, 1.82) is 0 Å². The van der Waals surface area contributed by atoms with Crippen LogP contribution in [-0.2, 0) is 28.4 Å². The van der Waals surface area contributed by atoms with Gasteiger partial charge in [0.1, 0.15) is 12.7 Å². The van der Waals surface area contributed by atoms with Crippen LogP contribution in [0.15, 0.2) is 121 Å². The van der Waals surface area contributed by atoms with E-state index in [0.717, 1.165) is 0 Å². The number of hydrogen-bond acceptors (Lipinski definition) is 11. The standard InChI is InChI=1S/C37H34O11/c38-22-13-23-43-37-32(48-36(42)28-20-11-4-12-21-28)31(47-35(41)27-18-9-3-10-19-27)30(46-34(40)26-16-7-2-8-17-26)29(45-37)24-44-33(39)25-14-5-1-6-15-25/h1-12,14-21,29-32,37-38H,13,22-24H2/t29-,30+,31+,32-,37-/m1/s1. The zero-order chi connectivity index (χ0) is 33.7. The summed E-state index contributed by atoms with van der Waals surface area (Å²) < 4.78 is 35.6. The summed E-state index contributed by atoms with van der Waals surface area (Å²) in [5, 5.41) is 9.42. The molecular formula is C37H34O11. The monoisotopic (exact) mass is 654 g/mol. The molecule has 0 unspecified atom stereocenters. The Hall–Kier alpha value is -5.36. The third kappa shape index (κ3) is 8.91. The number of ether oxygens (including phenoxy) is 6. The first-order valence-corrected chi connectivity index (χ1v) is 15.3. The van der Waals surface area contributed by atoms with Gasteiger partial charge in [-0.1, -0.05) is 72.8 Å². The molecule has 11 heteroatoms. The van der Waals surface area contributed by atoms with Gasteiger partial charge in [-0.2, -0.15) is 0 Å². The molecule has 48 heavy (non-hydrogen) atoms. The first kappa shape index (κ1) is 34.0. The number of esters is 4. The van der Waals surface area contributed by atoms with E-state index < -0.39 is 61.2 Å². The van der Waals surface area contributed by atoms with Crippen molar-refractivity contribution >= 4 is 23.9 Å². The van der Waals surface area contributed by atoms with Crippen molar-refractivity contribution in [2.75, 3.05) is 19.8 Å². The molecule has 11 nitrogen and oxygen atoms in total. The van der Waals surface area contributed by atoms with Gasteiger partial charge in [0.25, 0.3) is 0 Å². The number of hydrogen-bond donors (Lipinski definition) is 1. The van der Waals surface area contributed by atoms with E-state index in [1.807, 2.05) is 0 Å². The Kier molecular flexibility index (Phi) is 12.0. The first-order valence-electron chi connectivity index (χ1n) is 15.3. The molecule has 0 saturated carbocycles. The lowest BCUT2D eigenvalue weighted by molar-refractivity contribution is -0.298. The second-order valence-corrected chi connectivity index (χ2v) is 10.7. The summed E-state index contributed by atoms with van der Waals surface area (Å²) in [6.45, 7) is -0.701. The third-order valence-electron chi connectivity index (χ3n) is 7.32. The molecule has 1 heterocycles. The average Bonchev–Trinajstić information content (AvgIpc) is 3.14. The molecule has 0 bridgehead atoms. The van der Waals surface area contributed by atoms with Gasteiger partial charge in [-0.3, -0.25) is 0 Å². The minimum absolute atomic E-state index is 0.0368. The summed E-state index contributed by atoms with van der Waals surface area (Å²) in [7, 11) is 0. The van der Waals surface area contributed by atoms with Gasteiger partial charge in [0.2, 0.25) is 0 Å². The molecule has 0 aliphatic carbocycles. The Morgan fingerprint density at radius 2 is 0.938 bits per heavy atom. The van der Waals surface area contributed by atoms with Crippen molar-refractivity contribution in [1.82, 2.24) is 0 Å². The molecule has 0 aromatic heterocycles. The van der Waals surface area contributed by atoms with Crippen molar-refractivity contribution in [2.24, 2.45) is 0 Å². The van der Waals surface area contributed by atoms with E-state index in [4.69, 9.17) is 28.4 Å². The maximum absolute atomic E-state index is 13.5. The van der Waals surface area contributed by atoms with Crippen molar-refractivity contribution in [3.8, 4) is 0 Å². The second-order valence-electron chi connectivity index (χ2n) is 10.7. The SMILES string of the molecule is O=C(OC[C@H]1O[C@@H](OCCCO)[C@H](OC(=O)c2ccccc2)[C@@H](OC(=O)c2ccccc2)[C@H]1OC(=O)c1ccccc1)c1ccccc1. The summed E-state index contributed by atoms with van der Waals surface area (Å²) in [4.78, 5) is 53.4. The minimum Gasteiger partial charge on any atom is -0.459 e. The van der Waals surface area contributed by atoms with E-state index in [1.165, 1.54) is 36.4 Å². The largest absolute Gasteiger partial charge is 0.459 e. The number of rotatable bonds is 13. The fraction of sp³-hybridized carbons (Fsp3) is 0.243. The van der Waals surface area contributed by atoms with Crippen molar-refractivity contribution in [3.63, 3.8) is 0 Å². The van der Waals surface area contributed by atoms with Crippen LogP contribution in [0.2, 0.25) is 0 Å². The molecule has 5 atom stereocenters. The number of aliphatic hydroxyl groups is 1. The number of benzene rings is 4. The summed E-state index contributed by atoms with van der Waals surface area (Å²) in [5.74, 6) is -3.07. The molecule has 5 rings (SSSR count). The van der Waals surface area contributed by atoms with Gasteiger partial charge < -0.3 is 33.5 Å². The van der Waals surface area contributed by atoms with Crippen molar-refractivity contribution in [3.05, 3.63) is 144 Å². The van der Waals surface area contributed by atoms with Crippen LogP contribution in [0.5, 0.6) is 0 Å². The lowest BCUT2D eigenvalue weighted by Gasteiger charge is -2.44. The topological polar surface area (TPSA) is 144 Å². The molecule has 1 aliphatic heterocycles. The highest BCUT2D eigenvalue weighted by Crippen LogP contribution is 2.32. The Morgan fingerprint density at radius 1 is 0.542 bits per heavy atom.